The highest BCUT2D eigenvalue weighted by Crippen LogP contribution is 2.25. The van der Waals surface area contributed by atoms with E-state index in [2.05, 4.69) is 19.2 Å². The molecule has 0 saturated carbocycles. The van der Waals surface area contributed by atoms with Gasteiger partial charge in [0.2, 0.25) is 0 Å². The molecule has 2 aromatic carbocycles. The van der Waals surface area contributed by atoms with E-state index in [4.69, 9.17) is 9.47 Å². The van der Waals surface area contributed by atoms with Gasteiger partial charge in [-0.15, -0.1) is 0 Å². The normalized spacial score (nSPS) is 18.6. The van der Waals surface area contributed by atoms with Gasteiger partial charge in [-0.2, -0.15) is 0 Å². The van der Waals surface area contributed by atoms with Crippen LogP contribution >= 0.6 is 0 Å². The molecule has 0 aliphatic carbocycles. The van der Waals surface area contributed by atoms with Crippen LogP contribution in [0.3, 0.4) is 0 Å². The van der Waals surface area contributed by atoms with Crippen molar-refractivity contribution in [1.82, 2.24) is 4.90 Å². The predicted molar refractivity (Wildman–Crippen MR) is 117 cm³/mol. The summed E-state index contributed by atoms with van der Waals surface area (Å²) in [5, 5.41) is 2.87. The molecule has 0 bridgehead atoms. The maximum absolute atomic E-state index is 12.6. The third kappa shape index (κ3) is 5.32. The lowest BCUT2D eigenvalue weighted by molar-refractivity contribution is -0.139. The van der Waals surface area contributed by atoms with Crippen molar-refractivity contribution in [3.05, 3.63) is 54.1 Å². The molecule has 0 radical (unpaired) electrons. The average Bonchev–Trinajstić information content (AvgIpc) is 2.74. The first-order chi connectivity index (χ1) is 14.5. The zero-order valence-electron chi connectivity index (χ0n) is 17.9. The van der Waals surface area contributed by atoms with E-state index in [0.717, 1.165) is 19.3 Å². The number of nitrogens with zero attached hydrogens (tertiary/aromatic N) is 1. The van der Waals surface area contributed by atoms with Gasteiger partial charge in [-0.05, 0) is 76.4 Å². The molecule has 1 fully saturated rings. The number of likely N-dealkylation sites (tertiary alicyclic amines) is 1. The number of ether oxygens (including phenoxy) is 2. The van der Waals surface area contributed by atoms with Gasteiger partial charge in [0.25, 0.3) is 11.8 Å². The van der Waals surface area contributed by atoms with Crippen molar-refractivity contribution in [3.8, 4) is 11.5 Å². The van der Waals surface area contributed by atoms with Gasteiger partial charge < -0.3 is 19.7 Å². The Bertz CT molecular complexity index is 856. The van der Waals surface area contributed by atoms with Crippen molar-refractivity contribution in [1.29, 1.82) is 0 Å². The summed E-state index contributed by atoms with van der Waals surface area (Å²) in [6.45, 7) is 6.60. The highest BCUT2D eigenvalue weighted by Gasteiger charge is 2.28. The lowest BCUT2D eigenvalue weighted by Crippen LogP contribution is -2.49. The lowest BCUT2D eigenvalue weighted by atomic mass is 9.97. The van der Waals surface area contributed by atoms with Crippen molar-refractivity contribution < 1.29 is 19.1 Å². The van der Waals surface area contributed by atoms with Gasteiger partial charge in [-0.1, -0.05) is 12.1 Å². The Morgan fingerprint density at radius 1 is 1.00 bits per heavy atom. The quantitative estimate of drug-likeness (QED) is 0.729. The Balaban J connectivity index is 1.57. The second-order valence-corrected chi connectivity index (χ2v) is 7.63. The van der Waals surface area contributed by atoms with Crippen LogP contribution in [-0.2, 0) is 4.79 Å². The molecule has 1 heterocycles. The molecule has 1 aliphatic heterocycles. The lowest BCUT2D eigenvalue weighted by Gasteiger charge is -2.38. The number of benzene rings is 2. The molecule has 0 aromatic heterocycles. The van der Waals surface area contributed by atoms with E-state index in [1.807, 2.05) is 30.0 Å². The van der Waals surface area contributed by atoms with Gasteiger partial charge in [0.1, 0.15) is 11.5 Å². The summed E-state index contributed by atoms with van der Waals surface area (Å²) in [5.41, 5.74) is 1.12. The van der Waals surface area contributed by atoms with Crippen LogP contribution in [0.4, 0.5) is 5.69 Å². The summed E-state index contributed by atoms with van der Waals surface area (Å²) in [7, 11) is 0. The van der Waals surface area contributed by atoms with Crippen molar-refractivity contribution >= 4 is 17.5 Å². The first-order valence-corrected chi connectivity index (χ1v) is 10.6. The number of carbonyl (C=O) groups excluding carboxylic acids is 2. The van der Waals surface area contributed by atoms with Crippen LogP contribution in [0.1, 0.15) is 50.4 Å². The van der Waals surface area contributed by atoms with Crippen LogP contribution in [0.15, 0.2) is 48.5 Å². The zero-order chi connectivity index (χ0) is 21.5. The summed E-state index contributed by atoms with van der Waals surface area (Å²) >= 11 is 0. The van der Waals surface area contributed by atoms with E-state index in [1.54, 1.807) is 30.3 Å². The largest absolute Gasteiger partial charge is 0.492 e. The summed E-state index contributed by atoms with van der Waals surface area (Å²) in [5.74, 6) is 0.963. The molecule has 6 heteroatoms. The van der Waals surface area contributed by atoms with Gasteiger partial charge in [0.05, 0.1) is 12.3 Å². The number of hydrogen-bond donors (Lipinski definition) is 1. The minimum Gasteiger partial charge on any atom is -0.492 e. The van der Waals surface area contributed by atoms with Crippen LogP contribution in [0, 0.1) is 0 Å². The fraction of sp³-hybridized carbons (Fsp3) is 0.417. The molecule has 1 aliphatic rings. The van der Waals surface area contributed by atoms with E-state index in [0.29, 0.717) is 29.4 Å². The number of rotatable bonds is 7. The Labute approximate surface area is 178 Å². The van der Waals surface area contributed by atoms with Crippen molar-refractivity contribution in [3.63, 3.8) is 0 Å². The number of hydrogen-bond acceptors (Lipinski definition) is 4. The highest BCUT2D eigenvalue weighted by molar-refractivity contribution is 6.05. The molecule has 1 saturated heterocycles. The average molecular weight is 411 g/mol. The molecular weight excluding hydrogens is 380 g/mol. The molecule has 6 nitrogen and oxygen atoms in total. The Morgan fingerprint density at radius 3 is 2.33 bits per heavy atom. The first kappa shape index (κ1) is 21.7. The minimum atomic E-state index is -0.235. The van der Waals surface area contributed by atoms with Crippen molar-refractivity contribution in [2.24, 2.45) is 0 Å². The SMILES string of the molecule is CCOc1ccccc1NC(=O)c1ccc(OCC(=O)N2C(C)CCCC2C)cc1. The molecule has 2 amide bonds. The number of amides is 2. The van der Waals surface area contributed by atoms with Crippen LogP contribution in [0.25, 0.3) is 0 Å². The van der Waals surface area contributed by atoms with E-state index in [-0.39, 0.29) is 30.5 Å². The summed E-state index contributed by atoms with van der Waals surface area (Å²) in [6.07, 6.45) is 3.23. The van der Waals surface area contributed by atoms with Gasteiger partial charge in [-0.3, -0.25) is 9.59 Å². The minimum absolute atomic E-state index is 0.00194. The number of carbonyl (C=O) groups is 2. The molecular formula is C24H30N2O4. The molecule has 2 unspecified atom stereocenters. The van der Waals surface area contributed by atoms with Gasteiger partial charge in [0, 0.05) is 17.6 Å². The molecule has 2 aromatic rings. The molecule has 3 rings (SSSR count). The van der Waals surface area contributed by atoms with E-state index < -0.39 is 0 Å². The number of nitrogens with one attached hydrogen (secondary N) is 1. The Hall–Kier alpha value is -3.02. The predicted octanol–water partition coefficient (Wildman–Crippen LogP) is 4.51. The monoisotopic (exact) mass is 410 g/mol. The number of anilines is 1. The Kier molecular flexibility index (Phi) is 7.33. The zero-order valence-corrected chi connectivity index (χ0v) is 17.9. The molecule has 1 N–H and O–H groups in total. The molecule has 30 heavy (non-hydrogen) atoms. The highest BCUT2D eigenvalue weighted by atomic mass is 16.5. The van der Waals surface area contributed by atoms with Gasteiger partial charge >= 0.3 is 0 Å². The second kappa shape index (κ2) is 10.1. The van der Waals surface area contributed by atoms with Crippen LogP contribution in [-0.4, -0.2) is 42.0 Å². The fourth-order valence-electron chi connectivity index (χ4n) is 3.88. The third-order valence-corrected chi connectivity index (χ3v) is 5.40. The Morgan fingerprint density at radius 2 is 1.67 bits per heavy atom. The van der Waals surface area contributed by atoms with Crippen molar-refractivity contribution in [2.75, 3.05) is 18.5 Å². The summed E-state index contributed by atoms with van der Waals surface area (Å²) < 4.78 is 11.2. The smallest absolute Gasteiger partial charge is 0.260 e. The summed E-state index contributed by atoms with van der Waals surface area (Å²) in [6, 6.07) is 14.6. The molecule has 0 spiro atoms. The molecule has 2 atom stereocenters. The fourth-order valence-corrected chi connectivity index (χ4v) is 3.88. The topological polar surface area (TPSA) is 67.9 Å². The van der Waals surface area contributed by atoms with E-state index in [1.165, 1.54) is 0 Å². The maximum atomic E-state index is 12.6. The summed E-state index contributed by atoms with van der Waals surface area (Å²) in [4.78, 5) is 27.1. The van der Waals surface area contributed by atoms with Crippen LogP contribution in [0.2, 0.25) is 0 Å². The first-order valence-electron chi connectivity index (χ1n) is 10.6. The maximum Gasteiger partial charge on any atom is 0.260 e. The second-order valence-electron chi connectivity index (χ2n) is 7.63. The third-order valence-electron chi connectivity index (χ3n) is 5.40. The van der Waals surface area contributed by atoms with Crippen molar-refractivity contribution in [2.45, 2.75) is 52.1 Å². The van der Waals surface area contributed by atoms with Crippen LogP contribution < -0.4 is 14.8 Å². The van der Waals surface area contributed by atoms with Gasteiger partial charge in [0.15, 0.2) is 6.61 Å². The molecule has 160 valence electrons. The van der Waals surface area contributed by atoms with E-state index >= 15 is 0 Å². The van der Waals surface area contributed by atoms with Crippen LogP contribution in [0.5, 0.6) is 11.5 Å². The number of para-hydroxylation sites is 2. The standard InChI is InChI=1S/C24H30N2O4/c1-4-29-22-11-6-5-10-21(22)25-24(28)19-12-14-20(15-13-19)30-16-23(27)26-17(2)8-7-9-18(26)3/h5-6,10-15,17-18H,4,7-9,16H2,1-3H3,(H,25,28). The number of piperidine rings is 1. The van der Waals surface area contributed by atoms with Gasteiger partial charge in [-0.25, -0.2) is 0 Å². The van der Waals surface area contributed by atoms with E-state index in [9.17, 15) is 9.59 Å².